The van der Waals surface area contributed by atoms with Crippen molar-refractivity contribution in [1.82, 2.24) is 15.3 Å². The zero-order valence-corrected chi connectivity index (χ0v) is 11.4. The molecule has 0 radical (unpaired) electrons. The zero-order valence-electron chi connectivity index (χ0n) is 11.4. The minimum atomic E-state index is -0.269. The number of benzene rings is 1. The molecule has 0 aliphatic heterocycles. The zero-order chi connectivity index (χ0) is 14.5. The van der Waals surface area contributed by atoms with E-state index in [1.807, 2.05) is 38.1 Å². The summed E-state index contributed by atoms with van der Waals surface area (Å²) in [5, 5.41) is 2.88. The number of nitrogen functional groups attached to an aromatic ring is 1. The van der Waals surface area contributed by atoms with E-state index >= 15 is 0 Å². The molecule has 2 aromatic rings. The van der Waals surface area contributed by atoms with Crippen LogP contribution in [0.25, 0.3) is 0 Å². The number of aryl methyl sites for hydroxylation is 1. The Balaban J connectivity index is 2.04. The molecule has 0 spiro atoms. The molecule has 1 atom stereocenters. The lowest BCUT2D eigenvalue weighted by Gasteiger charge is -2.14. The van der Waals surface area contributed by atoms with Crippen LogP contribution in [0, 0.1) is 6.92 Å². The van der Waals surface area contributed by atoms with Crippen molar-refractivity contribution in [2.24, 2.45) is 5.84 Å². The van der Waals surface area contributed by atoms with Crippen molar-refractivity contribution in [3.05, 3.63) is 53.5 Å². The molecule has 1 aromatic carbocycles. The molecule has 0 bridgehead atoms. The summed E-state index contributed by atoms with van der Waals surface area (Å²) in [6.07, 6.45) is 2.79. The van der Waals surface area contributed by atoms with E-state index in [0.717, 1.165) is 5.56 Å². The van der Waals surface area contributed by atoms with Crippen molar-refractivity contribution in [3.63, 3.8) is 0 Å². The van der Waals surface area contributed by atoms with Crippen LogP contribution >= 0.6 is 0 Å². The highest BCUT2D eigenvalue weighted by Crippen LogP contribution is 2.13. The van der Waals surface area contributed by atoms with Gasteiger partial charge in [0.2, 0.25) is 0 Å². The summed E-state index contributed by atoms with van der Waals surface area (Å²) in [6.45, 7) is 3.95. The number of hydrogen-bond donors (Lipinski definition) is 3. The summed E-state index contributed by atoms with van der Waals surface area (Å²) in [7, 11) is 0. The predicted molar refractivity (Wildman–Crippen MR) is 76.9 cm³/mol. The second-order valence-corrected chi connectivity index (χ2v) is 4.54. The molecule has 20 heavy (non-hydrogen) atoms. The summed E-state index contributed by atoms with van der Waals surface area (Å²) >= 11 is 0. The number of anilines is 1. The van der Waals surface area contributed by atoms with Crippen molar-refractivity contribution in [2.45, 2.75) is 19.9 Å². The fraction of sp³-hybridized carbons (Fsp3) is 0.214. The summed E-state index contributed by atoms with van der Waals surface area (Å²) in [6, 6.07) is 7.91. The number of carbonyl (C=O) groups is 1. The van der Waals surface area contributed by atoms with Crippen molar-refractivity contribution >= 4 is 11.7 Å². The number of hydrogen-bond acceptors (Lipinski definition) is 5. The third-order valence-corrected chi connectivity index (χ3v) is 2.96. The van der Waals surface area contributed by atoms with E-state index in [0.29, 0.717) is 5.82 Å². The smallest absolute Gasteiger partial charge is 0.271 e. The summed E-state index contributed by atoms with van der Waals surface area (Å²) in [5.74, 6) is 5.33. The van der Waals surface area contributed by atoms with Gasteiger partial charge < -0.3 is 10.7 Å². The van der Waals surface area contributed by atoms with Gasteiger partial charge in [-0.25, -0.2) is 15.8 Å². The second kappa shape index (κ2) is 6.12. The summed E-state index contributed by atoms with van der Waals surface area (Å²) < 4.78 is 0. The van der Waals surface area contributed by atoms with Crippen LogP contribution in [-0.4, -0.2) is 15.9 Å². The molecular weight excluding hydrogens is 254 g/mol. The predicted octanol–water partition coefficient (Wildman–Crippen LogP) is 1.56. The van der Waals surface area contributed by atoms with Crippen molar-refractivity contribution < 1.29 is 4.79 Å². The average molecular weight is 271 g/mol. The molecule has 1 unspecified atom stereocenters. The molecule has 0 saturated carbocycles. The Labute approximate surface area is 117 Å². The third kappa shape index (κ3) is 3.30. The van der Waals surface area contributed by atoms with Crippen molar-refractivity contribution in [1.29, 1.82) is 0 Å². The monoisotopic (exact) mass is 271 g/mol. The lowest BCUT2D eigenvalue weighted by Crippen LogP contribution is -2.27. The molecule has 6 nitrogen and oxygen atoms in total. The van der Waals surface area contributed by atoms with E-state index in [-0.39, 0.29) is 17.6 Å². The van der Waals surface area contributed by atoms with Gasteiger partial charge in [-0.15, -0.1) is 0 Å². The first kappa shape index (κ1) is 14.0. The van der Waals surface area contributed by atoms with Crippen molar-refractivity contribution in [3.8, 4) is 0 Å². The van der Waals surface area contributed by atoms with Gasteiger partial charge in [0.15, 0.2) is 5.82 Å². The number of nitrogens with zero attached hydrogens (tertiary/aromatic N) is 2. The highest BCUT2D eigenvalue weighted by Gasteiger charge is 2.12. The minimum Gasteiger partial charge on any atom is -0.344 e. The van der Waals surface area contributed by atoms with Crippen LogP contribution in [0.4, 0.5) is 5.82 Å². The number of nitrogens with one attached hydrogen (secondary N) is 2. The first-order valence-corrected chi connectivity index (χ1v) is 6.26. The first-order chi connectivity index (χ1) is 9.60. The molecule has 0 saturated heterocycles. The lowest BCUT2D eigenvalue weighted by molar-refractivity contribution is 0.0934. The number of rotatable bonds is 4. The van der Waals surface area contributed by atoms with Crippen LogP contribution in [0.1, 0.15) is 34.6 Å². The third-order valence-electron chi connectivity index (χ3n) is 2.96. The molecule has 4 N–H and O–H groups in total. The first-order valence-electron chi connectivity index (χ1n) is 6.26. The molecule has 6 heteroatoms. The van der Waals surface area contributed by atoms with Gasteiger partial charge >= 0.3 is 0 Å². The largest absolute Gasteiger partial charge is 0.344 e. The normalized spacial score (nSPS) is 11.8. The average Bonchev–Trinajstić information content (AvgIpc) is 2.48. The highest BCUT2D eigenvalue weighted by atomic mass is 16.1. The molecule has 0 fully saturated rings. The fourth-order valence-corrected chi connectivity index (χ4v) is 1.73. The number of nitrogens with two attached hydrogens (primary N) is 1. The Morgan fingerprint density at radius 2 is 1.90 bits per heavy atom. The number of carbonyl (C=O) groups excluding carboxylic acids is 1. The van der Waals surface area contributed by atoms with E-state index in [4.69, 9.17) is 5.84 Å². The van der Waals surface area contributed by atoms with E-state index in [2.05, 4.69) is 20.7 Å². The maximum absolute atomic E-state index is 12.0. The number of aromatic nitrogens is 2. The lowest BCUT2D eigenvalue weighted by atomic mass is 10.1. The Morgan fingerprint density at radius 3 is 2.45 bits per heavy atom. The maximum atomic E-state index is 12.0. The SMILES string of the molecule is Cc1ccc(C(C)NC(=O)c2cnc(NN)cn2)cc1. The standard InChI is InChI=1S/C14H17N5O/c1-9-3-5-11(6-4-9)10(2)18-14(20)12-7-17-13(19-15)8-16-12/h3-8,10H,15H2,1-2H3,(H,17,19)(H,18,20). The van der Waals surface area contributed by atoms with E-state index in [1.165, 1.54) is 18.0 Å². The van der Waals surface area contributed by atoms with Gasteiger partial charge in [0.25, 0.3) is 5.91 Å². The number of amides is 1. The Kier molecular flexibility index (Phi) is 4.27. The van der Waals surface area contributed by atoms with E-state index < -0.39 is 0 Å². The fourth-order valence-electron chi connectivity index (χ4n) is 1.73. The van der Waals surface area contributed by atoms with Crippen LogP contribution < -0.4 is 16.6 Å². The van der Waals surface area contributed by atoms with Gasteiger partial charge in [0.1, 0.15) is 5.69 Å². The Bertz CT molecular complexity index is 580. The molecule has 0 aliphatic carbocycles. The van der Waals surface area contributed by atoms with Crippen LogP contribution in [0.5, 0.6) is 0 Å². The van der Waals surface area contributed by atoms with E-state index in [1.54, 1.807) is 0 Å². The maximum Gasteiger partial charge on any atom is 0.271 e. The summed E-state index contributed by atoms with van der Waals surface area (Å²) in [5.41, 5.74) is 4.83. The van der Waals surface area contributed by atoms with Gasteiger partial charge in [-0.2, -0.15) is 0 Å². The molecule has 1 amide bonds. The van der Waals surface area contributed by atoms with Crippen LogP contribution in [0.2, 0.25) is 0 Å². The topological polar surface area (TPSA) is 92.9 Å². The van der Waals surface area contributed by atoms with Gasteiger partial charge in [0, 0.05) is 0 Å². The van der Waals surface area contributed by atoms with Crippen LogP contribution in [0.3, 0.4) is 0 Å². The molecule has 0 aliphatic rings. The molecular formula is C14H17N5O. The summed E-state index contributed by atoms with van der Waals surface area (Å²) in [4.78, 5) is 20.0. The Morgan fingerprint density at radius 1 is 1.20 bits per heavy atom. The molecule has 1 heterocycles. The highest BCUT2D eigenvalue weighted by molar-refractivity contribution is 5.92. The van der Waals surface area contributed by atoms with Crippen LogP contribution in [-0.2, 0) is 0 Å². The molecule has 1 aromatic heterocycles. The van der Waals surface area contributed by atoms with Crippen molar-refractivity contribution in [2.75, 3.05) is 5.43 Å². The van der Waals surface area contributed by atoms with Gasteiger partial charge in [-0.1, -0.05) is 29.8 Å². The molecule has 104 valence electrons. The van der Waals surface area contributed by atoms with Gasteiger partial charge in [0.05, 0.1) is 18.4 Å². The minimum absolute atomic E-state index is 0.0998. The van der Waals surface area contributed by atoms with E-state index in [9.17, 15) is 4.79 Å². The van der Waals surface area contributed by atoms with Gasteiger partial charge in [-0.05, 0) is 19.4 Å². The van der Waals surface area contributed by atoms with Gasteiger partial charge in [-0.3, -0.25) is 4.79 Å². The van der Waals surface area contributed by atoms with Crippen LogP contribution in [0.15, 0.2) is 36.7 Å². The Hall–Kier alpha value is -2.47. The number of hydrazine groups is 1. The second-order valence-electron chi connectivity index (χ2n) is 4.54. The molecule has 2 rings (SSSR count). The quantitative estimate of drug-likeness (QED) is 0.579.